The number of aromatic carboxylic acids is 1. The van der Waals surface area contributed by atoms with E-state index in [9.17, 15) is 127 Å². The van der Waals surface area contributed by atoms with Crippen molar-refractivity contribution >= 4 is 17.7 Å². The fraction of sp³-hybridized carbons (Fsp3) is 0.873. The second-order valence-electron chi connectivity index (χ2n) is 24.4. The van der Waals surface area contributed by atoms with Crippen molar-refractivity contribution in [2.24, 2.45) is 0 Å². The largest absolute Gasteiger partial charge is 0.478 e. The lowest BCUT2D eigenvalue weighted by Crippen LogP contribution is -2.69. The highest BCUT2D eigenvalue weighted by Gasteiger charge is 2.60. The Balaban J connectivity index is 0.936. The molecule has 30 fully saturated rings. The van der Waals surface area contributed by atoms with Gasteiger partial charge in [0.1, 0.15) is 189 Å². The maximum Gasteiger partial charge on any atom is 0.336 e. The predicted molar refractivity (Wildman–Crippen MR) is 298 cm³/mol. The Hall–Kier alpha value is -2.52. The van der Waals surface area contributed by atoms with E-state index in [-0.39, 0.29) is 10.5 Å². The number of hydrogen-bond acceptors (Lipinski definition) is 41. The van der Waals surface area contributed by atoms with E-state index in [0.29, 0.717) is 0 Å². The van der Waals surface area contributed by atoms with Crippen LogP contribution in [0.5, 0.6) is 0 Å². The van der Waals surface area contributed by atoms with Crippen molar-refractivity contribution in [3.8, 4) is 0 Å². The molecule has 16 bridgehead atoms. The van der Waals surface area contributed by atoms with E-state index < -0.39 is 304 Å². The summed E-state index contributed by atoms with van der Waals surface area (Å²) in [5.74, 6) is -1.81. The number of benzene rings is 1. The zero-order valence-corrected chi connectivity index (χ0v) is 51.5. The Labute approximate surface area is 551 Å². The molecule has 31 rings (SSSR count). The van der Waals surface area contributed by atoms with Gasteiger partial charge in [-0.3, -0.25) is 0 Å². The molecule has 0 unspecified atom stereocenters. The molecular formula is C55H84O41S. The molecule has 0 aromatic heterocycles. The van der Waals surface area contributed by atoms with Crippen LogP contribution in [0, 0.1) is 0 Å². The van der Waals surface area contributed by atoms with E-state index >= 15 is 0 Å². The second kappa shape index (κ2) is 33.1. The second-order valence-corrected chi connectivity index (χ2v) is 25.5. The summed E-state index contributed by atoms with van der Waals surface area (Å²) in [6.45, 7) is -7.68. The lowest BCUT2D eigenvalue weighted by Gasteiger charge is -2.50. The molecule has 1 aromatic carbocycles. The number of hydrogen-bond donors (Lipinski definition) is 24. The molecular weight excluding hydrogens is 1350 g/mol. The van der Waals surface area contributed by atoms with E-state index in [4.69, 9.17) is 75.8 Å². The van der Waals surface area contributed by atoms with Crippen molar-refractivity contribution in [3.05, 3.63) is 29.8 Å². The maximum atomic E-state index is 12.2. The summed E-state index contributed by atoms with van der Waals surface area (Å²) in [5.41, 5.74) is -0.214. The van der Waals surface area contributed by atoms with Gasteiger partial charge in [0.25, 0.3) is 0 Å². The summed E-state index contributed by atoms with van der Waals surface area (Å²) in [5, 5.41) is 268. The van der Waals surface area contributed by atoms with Crippen LogP contribution in [0.2, 0.25) is 0 Å². The van der Waals surface area contributed by atoms with Crippen molar-refractivity contribution in [2.75, 3.05) is 52.0 Å². The quantitative estimate of drug-likeness (QED) is 0.0915. The topological polar surface area (TPSA) is 650 Å². The maximum absolute atomic E-state index is 12.2. The summed E-state index contributed by atoms with van der Waals surface area (Å²) >= 11 is 0.793. The molecule has 0 spiro atoms. The van der Waals surface area contributed by atoms with Gasteiger partial charge in [-0.15, -0.1) is 11.8 Å². The molecule has 0 aliphatic carbocycles. The Morgan fingerprint density at radius 1 is 0.268 bits per heavy atom. The molecule has 0 radical (unpaired) electrons. The van der Waals surface area contributed by atoms with Gasteiger partial charge < -0.3 is 198 Å². The van der Waals surface area contributed by atoms with E-state index in [0.717, 1.165) is 11.8 Å². The zero-order chi connectivity index (χ0) is 70.3. The van der Waals surface area contributed by atoms with Gasteiger partial charge in [0.05, 0.1) is 57.9 Å². The van der Waals surface area contributed by atoms with Crippen molar-refractivity contribution in [1.82, 2.24) is 0 Å². The smallest absolute Gasteiger partial charge is 0.336 e. The van der Waals surface area contributed by atoms with Crippen molar-refractivity contribution in [2.45, 2.75) is 251 Å². The van der Waals surface area contributed by atoms with Crippen molar-refractivity contribution < 1.29 is 203 Å². The standard InChI is InChI=1S/C55H84O41S/c56-5-14-39-23(63)31(71)48(81-14)90-40-15(6-57)83-50(33(73)25(40)65)92-42-17(8-59)85-52(35(75)27(42)67)94-44-19(10-61)87-54(37(77)29(44)69)96-46-21(12-97-22-4-2-1-3-13(22)47(79)80)88-55(38(78)30(46)70)95-45-20(11-62)86-53(36(76)28(45)68)93-43-18(9-60)84-51(34(74)26(43)66)91-41-16(7-58)82-49(89-39)32(72)24(41)64/h1-4,14-21,23-46,48-78H,5-12H2,(H,79,80)/t14-,15-,16+,17-,18+,19-,20+,21-,23-,24-,25-,26-,27-,28-,29-,30-,31-,32-,33+,34-,35-,36-,37+,38-,39-,40-,41-,42-,43-,44-,45-,46-,48-,49-,50-,51-,52-,53-,54-,55-/m1/s1. The molecule has 42 heteroatoms. The Morgan fingerprint density at radius 2 is 0.443 bits per heavy atom. The molecule has 556 valence electrons. The third-order valence-corrected chi connectivity index (χ3v) is 19.4. The molecule has 41 nitrogen and oxygen atoms in total. The highest BCUT2D eigenvalue weighted by atomic mass is 32.2. The monoisotopic (exact) mass is 1430 g/mol. The van der Waals surface area contributed by atoms with Gasteiger partial charge in [0.15, 0.2) is 50.3 Å². The molecule has 30 aliphatic heterocycles. The first-order chi connectivity index (χ1) is 46.2. The first-order valence-corrected chi connectivity index (χ1v) is 31.8. The fourth-order valence-corrected chi connectivity index (χ4v) is 13.9. The van der Waals surface area contributed by atoms with Crippen LogP contribution in [0.3, 0.4) is 0 Å². The number of carboxylic acid groups (broad SMARTS) is 1. The zero-order valence-electron chi connectivity index (χ0n) is 50.6. The fourth-order valence-electron chi connectivity index (χ4n) is 12.8. The average Bonchev–Trinajstić information content (AvgIpc) is 0.780. The number of rotatable bonds is 11. The van der Waals surface area contributed by atoms with Crippen LogP contribution in [0.15, 0.2) is 29.2 Å². The third kappa shape index (κ3) is 15.7. The minimum Gasteiger partial charge on any atom is -0.478 e. The first-order valence-electron chi connectivity index (χ1n) is 30.8. The van der Waals surface area contributed by atoms with Gasteiger partial charge in [-0.1, -0.05) is 12.1 Å². The summed E-state index contributed by atoms with van der Waals surface area (Å²) in [6.07, 6.45) is -82.8. The van der Waals surface area contributed by atoms with Crippen LogP contribution in [-0.2, 0) is 75.8 Å². The molecule has 1 aromatic rings. The summed E-state index contributed by atoms with van der Waals surface area (Å²) < 4.78 is 92.8. The Morgan fingerprint density at radius 3 is 0.629 bits per heavy atom. The van der Waals surface area contributed by atoms with Gasteiger partial charge >= 0.3 is 5.97 Å². The van der Waals surface area contributed by atoms with Crippen molar-refractivity contribution in [3.63, 3.8) is 0 Å². The van der Waals surface area contributed by atoms with Crippen LogP contribution in [0.25, 0.3) is 0 Å². The molecule has 30 saturated heterocycles. The van der Waals surface area contributed by atoms with Gasteiger partial charge in [0, 0.05) is 10.6 Å². The van der Waals surface area contributed by atoms with E-state index in [1.807, 2.05) is 0 Å². The molecule has 30 heterocycles. The average molecular weight is 1430 g/mol. The summed E-state index contributed by atoms with van der Waals surface area (Å²) in [6, 6.07) is 5.57. The van der Waals surface area contributed by atoms with Crippen LogP contribution >= 0.6 is 11.8 Å². The molecule has 97 heavy (non-hydrogen) atoms. The lowest BCUT2D eigenvalue weighted by atomic mass is 9.95. The van der Waals surface area contributed by atoms with Crippen molar-refractivity contribution in [1.29, 1.82) is 0 Å². The molecule has 30 aliphatic rings. The molecule has 0 amide bonds. The lowest BCUT2D eigenvalue weighted by molar-refractivity contribution is -0.403. The number of aliphatic hydroxyl groups excluding tert-OH is 23. The van der Waals surface area contributed by atoms with Gasteiger partial charge in [-0.25, -0.2) is 4.79 Å². The van der Waals surface area contributed by atoms with Crippen LogP contribution in [-0.4, -0.2) is 426 Å². The highest BCUT2D eigenvalue weighted by molar-refractivity contribution is 7.99. The van der Waals surface area contributed by atoms with Crippen LogP contribution in [0.4, 0.5) is 0 Å². The normalized spacial score (nSPS) is 51.2. The Bertz CT molecular complexity index is 2630. The number of carboxylic acids is 1. The minimum absolute atomic E-state index is 0.110. The Kier molecular flexibility index (Phi) is 26.3. The molecule has 0 saturated carbocycles. The highest BCUT2D eigenvalue weighted by Crippen LogP contribution is 2.41. The van der Waals surface area contributed by atoms with E-state index in [1.54, 1.807) is 0 Å². The van der Waals surface area contributed by atoms with Crippen LogP contribution in [0.1, 0.15) is 10.4 Å². The summed E-state index contributed by atoms with van der Waals surface area (Å²) in [4.78, 5) is 12.4. The number of aliphatic hydroxyl groups is 23. The van der Waals surface area contributed by atoms with E-state index in [2.05, 4.69) is 0 Å². The third-order valence-electron chi connectivity index (χ3n) is 18.2. The molecule has 24 N–H and O–H groups in total. The minimum atomic E-state index is -2.29. The molecule has 40 atom stereocenters. The van der Waals surface area contributed by atoms with Crippen LogP contribution < -0.4 is 0 Å². The SMILES string of the molecule is O=C(O)c1ccccc1SC[C@H]1O[C@@H]2O[C@H]3[C@H](O)[C@@H](O)[C@@H](O[C@H]4[C@H](O)[C@@H](O)[C@@H](O[C@H]5[C@H](O)[C@@H](O)[C@@H](O[C@H]6[C@H](O)[C@@H](O)[C@@H](O[C@H]7[C@H](O)[C@H](O)[C@@H](O[C@H]8[C@H](O)[C@@H](O)[C@@H](O[C@H]9[C@H](O)[C@H](O)[C@@H](O[C@H]1[C@H](O)[C@H]2O)O[C@@H]9CO)O[C@@H]8CO)O[C@@H]7CO)O[C@@H]6CO)O[C@H]5CO)O[C@H]4CO)O[C@H]3CO. The number of ether oxygens (including phenoxy) is 16. The number of thioether (sulfide) groups is 1. The van der Waals surface area contributed by atoms with Gasteiger partial charge in [0.2, 0.25) is 0 Å². The van der Waals surface area contributed by atoms with Gasteiger partial charge in [-0.2, -0.15) is 0 Å². The predicted octanol–water partition coefficient (Wildman–Crippen LogP) is -14.9. The first kappa shape index (κ1) is 77.1. The van der Waals surface area contributed by atoms with Gasteiger partial charge in [-0.05, 0) is 12.1 Å². The summed E-state index contributed by atoms with van der Waals surface area (Å²) in [7, 11) is 0. The van der Waals surface area contributed by atoms with E-state index in [1.165, 1.54) is 24.3 Å². The number of carbonyl (C=O) groups is 1.